The van der Waals surface area contributed by atoms with Crippen LogP contribution in [0.5, 0.6) is 0 Å². The topological polar surface area (TPSA) is 80.8 Å². The van der Waals surface area contributed by atoms with E-state index in [0.717, 1.165) is 16.5 Å². The largest absolute Gasteiger partial charge is 0.460 e. The van der Waals surface area contributed by atoms with Crippen LogP contribution in [-0.4, -0.2) is 32.7 Å². The lowest BCUT2D eigenvalue weighted by atomic mass is 10.1. The van der Waals surface area contributed by atoms with Crippen molar-refractivity contribution in [2.75, 3.05) is 6.61 Å². The summed E-state index contributed by atoms with van der Waals surface area (Å²) in [6.45, 7) is 2.03. The molecule has 0 atom stereocenters. The summed E-state index contributed by atoms with van der Waals surface area (Å²) in [5, 5.41) is 8.16. The molecule has 3 rings (SSSR count). The van der Waals surface area contributed by atoms with Gasteiger partial charge in [0.25, 0.3) is 5.82 Å². The molecule has 0 radical (unpaired) electrons. The van der Waals surface area contributed by atoms with Crippen LogP contribution in [0.15, 0.2) is 30.5 Å². The fraction of sp³-hybridized carbons (Fsp3) is 0.200. The number of carbonyl (C=O) groups excluding carboxylic acids is 1. The maximum Gasteiger partial charge on any atom is 0.378 e. The molecule has 0 saturated carbocycles. The van der Waals surface area contributed by atoms with Crippen molar-refractivity contribution in [2.24, 2.45) is 0 Å². The van der Waals surface area contributed by atoms with Gasteiger partial charge < -0.3 is 4.74 Å². The Morgan fingerprint density at radius 1 is 1.36 bits per heavy atom. The van der Waals surface area contributed by atoms with Crippen molar-refractivity contribution in [1.29, 1.82) is 0 Å². The molecule has 6 nitrogen and oxygen atoms in total. The molecule has 0 saturated heterocycles. The normalized spacial score (nSPS) is 10.8. The summed E-state index contributed by atoms with van der Waals surface area (Å²) in [5.41, 5.74) is 1.89. The Balaban J connectivity index is 1.82. The van der Waals surface area contributed by atoms with Gasteiger partial charge in [0.2, 0.25) is 0 Å². The lowest BCUT2D eigenvalue weighted by molar-refractivity contribution is 0.0512. The highest BCUT2D eigenvalue weighted by Crippen LogP contribution is 2.19. The van der Waals surface area contributed by atoms with Gasteiger partial charge in [-0.25, -0.2) is 9.78 Å². The zero-order valence-electron chi connectivity index (χ0n) is 11.8. The van der Waals surface area contributed by atoms with Crippen molar-refractivity contribution in [1.82, 2.24) is 20.2 Å². The van der Waals surface area contributed by atoms with Crippen LogP contribution in [0.2, 0.25) is 5.02 Å². The Bertz CT molecular complexity index is 831. The van der Waals surface area contributed by atoms with Gasteiger partial charge in [-0.2, -0.15) is 0 Å². The maximum absolute atomic E-state index is 11.5. The van der Waals surface area contributed by atoms with Crippen molar-refractivity contribution < 1.29 is 9.53 Å². The van der Waals surface area contributed by atoms with E-state index in [4.69, 9.17) is 16.3 Å². The average molecular weight is 317 g/mol. The van der Waals surface area contributed by atoms with Crippen molar-refractivity contribution in [3.63, 3.8) is 0 Å². The Labute approximate surface area is 131 Å². The number of aromatic nitrogens is 4. The highest BCUT2D eigenvalue weighted by molar-refractivity contribution is 6.31. The van der Waals surface area contributed by atoms with Crippen LogP contribution < -0.4 is 0 Å². The summed E-state index contributed by atoms with van der Waals surface area (Å²) in [6, 6.07) is 7.72. The zero-order valence-corrected chi connectivity index (χ0v) is 12.6. The van der Waals surface area contributed by atoms with E-state index in [1.165, 1.54) is 0 Å². The molecule has 0 aliphatic carbocycles. The van der Waals surface area contributed by atoms with Crippen LogP contribution in [0, 0.1) is 0 Å². The second-order valence-electron chi connectivity index (χ2n) is 4.68. The van der Waals surface area contributed by atoms with Gasteiger partial charge in [0, 0.05) is 18.0 Å². The number of hydrogen-bond donors (Lipinski definition) is 1. The number of esters is 1. The lowest BCUT2D eigenvalue weighted by Gasteiger charge is -2.02. The van der Waals surface area contributed by atoms with E-state index in [1.807, 2.05) is 24.3 Å². The van der Waals surface area contributed by atoms with Crippen LogP contribution in [0.1, 0.15) is 28.9 Å². The number of rotatable bonds is 4. The molecule has 0 bridgehead atoms. The Hall–Kier alpha value is -2.47. The van der Waals surface area contributed by atoms with Crippen molar-refractivity contribution in [3.8, 4) is 0 Å². The van der Waals surface area contributed by atoms with Gasteiger partial charge in [0.1, 0.15) is 5.82 Å². The molecular formula is C15H13ClN4O2. The molecule has 1 aromatic carbocycles. The molecule has 0 aliphatic rings. The number of benzene rings is 1. The molecule has 2 aromatic heterocycles. The quantitative estimate of drug-likeness (QED) is 0.748. The Morgan fingerprint density at radius 3 is 3.05 bits per heavy atom. The number of nitrogens with one attached hydrogen (secondary N) is 1. The lowest BCUT2D eigenvalue weighted by Crippen LogP contribution is -2.06. The second kappa shape index (κ2) is 6.11. The van der Waals surface area contributed by atoms with Crippen molar-refractivity contribution >= 4 is 28.5 Å². The first-order valence-corrected chi connectivity index (χ1v) is 7.16. The van der Waals surface area contributed by atoms with Gasteiger partial charge in [-0.3, -0.25) is 10.1 Å². The molecular weight excluding hydrogens is 304 g/mol. The summed E-state index contributed by atoms with van der Waals surface area (Å²) in [4.78, 5) is 19.9. The van der Waals surface area contributed by atoms with Crippen LogP contribution in [0.4, 0.5) is 0 Å². The minimum Gasteiger partial charge on any atom is -0.460 e. The van der Waals surface area contributed by atoms with Gasteiger partial charge in [-0.15, -0.1) is 5.10 Å². The third kappa shape index (κ3) is 3.07. The summed E-state index contributed by atoms with van der Waals surface area (Å²) in [6.07, 6.45) is 2.14. The molecule has 0 unspecified atom stereocenters. The summed E-state index contributed by atoms with van der Waals surface area (Å²) < 4.78 is 4.86. The van der Waals surface area contributed by atoms with Gasteiger partial charge in [-0.05, 0) is 30.7 Å². The standard InChI is InChI=1S/C15H13ClN4O2/c1-2-22-15(21)14-18-13(19-20-14)6-9-3-4-12-10(5-9)7-11(16)8-17-12/h3-5,7-8H,2,6H2,1H3,(H,18,19,20). The zero-order chi connectivity index (χ0) is 15.5. The SMILES string of the molecule is CCOC(=O)c1n[nH]c(Cc2ccc3ncc(Cl)cc3c2)n1. The number of nitrogens with zero attached hydrogens (tertiary/aromatic N) is 3. The van der Waals surface area contributed by atoms with E-state index in [2.05, 4.69) is 20.2 Å². The molecule has 2 heterocycles. The number of H-pyrrole nitrogens is 1. The van der Waals surface area contributed by atoms with Gasteiger partial charge in [0.15, 0.2) is 0 Å². The molecule has 1 N–H and O–H groups in total. The number of fused-ring (bicyclic) bond motifs is 1. The van der Waals surface area contributed by atoms with Crippen LogP contribution in [0.3, 0.4) is 0 Å². The summed E-state index contributed by atoms with van der Waals surface area (Å²) >= 11 is 5.96. The van der Waals surface area contributed by atoms with E-state index in [-0.39, 0.29) is 5.82 Å². The molecule has 0 aliphatic heterocycles. The van der Waals surface area contributed by atoms with Gasteiger partial charge in [0.05, 0.1) is 17.1 Å². The number of carbonyl (C=O) groups is 1. The Morgan fingerprint density at radius 2 is 2.23 bits per heavy atom. The van der Waals surface area contributed by atoms with E-state index >= 15 is 0 Å². The summed E-state index contributed by atoms with van der Waals surface area (Å²) in [7, 11) is 0. The minimum absolute atomic E-state index is 0.0438. The highest BCUT2D eigenvalue weighted by Gasteiger charge is 2.13. The number of hydrogen-bond acceptors (Lipinski definition) is 5. The van der Waals surface area contributed by atoms with Crippen LogP contribution >= 0.6 is 11.6 Å². The second-order valence-corrected chi connectivity index (χ2v) is 5.12. The number of ether oxygens (including phenoxy) is 1. The monoisotopic (exact) mass is 316 g/mol. The maximum atomic E-state index is 11.5. The molecule has 0 amide bonds. The first-order chi connectivity index (χ1) is 10.7. The number of halogens is 1. The minimum atomic E-state index is -0.528. The molecule has 0 spiro atoms. The number of aromatic amines is 1. The third-order valence-corrected chi connectivity index (χ3v) is 3.28. The van der Waals surface area contributed by atoms with Crippen LogP contribution in [-0.2, 0) is 11.2 Å². The molecule has 7 heteroatoms. The Kier molecular flexibility index (Phi) is 4.02. The smallest absolute Gasteiger partial charge is 0.378 e. The highest BCUT2D eigenvalue weighted by atomic mass is 35.5. The van der Waals surface area contributed by atoms with Crippen molar-refractivity contribution in [3.05, 3.63) is 52.7 Å². The molecule has 22 heavy (non-hydrogen) atoms. The van der Waals surface area contributed by atoms with Gasteiger partial charge >= 0.3 is 5.97 Å². The first kappa shape index (κ1) is 14.5. The molecule has 0 fully saturated rings. The van der Waals surface area contributed by atoms with E-state index in [1.54, 1.807) is 13.1 Å². The van der Waals surface area contributed by atoms with E-state index in [9.17, 15) is 4.79 Å². The van der Waals surface area contributed by atoms with Crippen molar-refractivity contribution in [2.45, 2.75) is 13.3 Å². The van der Waals surface area contributed by atoms with Crippen LogP contribution in [0.25, 0.3) is 10.9 Å². The fourth-order valence-electron chi connectivity index (χ4n) is 2.12. The first-order valence-electron chi connectivity index (χ1n) is 6.78. The van der Waals surface area contributed by atoms with E-state index < -0.39 is 5.97 Å². The molecule has 112 valence electrons. The molecule has 3 aromatic rings. The van der Waals surface area contributed by atoms with Gasteiger partial charge in [-0.1, -0.05) is 17.7 Å². The summed E-state index contributed by atoms with van der Waals surface area (Å²) in [5.74, 6) is 0.110. The predicted molar refractivity (Wildman–Crippen MR) is 81.9 cm³/mol. The fourth-order valence-corrected chi connectivity index (χ4v) is 2.29. The number of pyridine rings is 1. The third-order valence-electron chi connectivity index (χ3n) is 3.07. The predicted octanol–water partition coefficient (Wildman–Crippen LogP) is 2.77. The average Bonchev–Trinajstić information content (AvgIpc) is 2.96. The van der Waals surface area contributed by atoms with E-state index in [0.29, 0.717) is 23.9 Å².